The van der Waals surface area contributed by atoms with E-state index in [0.717, 1.165) is 47.4 Å². The van der Waals surface area contributed by atoms with Crippen LogP contribution in [0.5, 0.6) is 0 Å². The summed E-state index contributed by atoms with van der Waals surface area (Å²) in [5.74, 6) is 1.84. The number of rotatable bonds is 4. The average molecular weight is 518 g/mol. The molecule has 0 saturated carbocycles. The van der Waals surface area contributed by atoms with Gasteiger partial charge in [0.1, 0.15) is 5.52 Å². The maximum Gasteiger partial charge on any atom is 0.229 e. The molecular weight excluding hydrogens is 490 g/mol. The molecular formula is C27H27N5O4S. The number of hydrogen-bond donors (Lipinski definition) is 0. The third kappa shape index (κ3) is 4.18. The molecule has 0 spiro atoms. The lowest BCUT2D eigenvalue weighted by molar-refractivity contribution is 0.122. The second-order valence-corrected chi connectivity index (χ2v) is 12.2. The normalized spacial score (nSPS) is 19.6. The molecule has 190 valence electrons. The fraction of sp³-hybridized carbons (Fsp3) is 0.370. The number of allylic oxidation sites excluding steroid dienone is 1. The second kappa shape index (κ2) is 8.90. The van der Waals surface area contributed by atoms with Crippen LogP contribution in [-0.2, 0) is 27.5 Å². The van der Waals surface area contributed by atoms with Crippen molar-refractivity contribution in [3.63, 3.8) is 0 Å². The first-order valence-electron chi connectivity index (χ1n) is 12.7. The summed E-state index contributed by atoms with van der Waals surface area (Å²) in [7, 11) is -2.92. The largest absolute Gasteiger partial charge is 0.432 e. The molecule has 0 radical (unpaired) electrons. The third-order valence-corrected chi connectivity index (χ3v) is 9.03. The summed E-state index contributed by atoms with van der Waals surface area (Å²) in [6.07, 6.45) is 7.05. The number of fused-ring (bicyclic) bond motifs is 4. The van der Waals surface area contributed by atoms with Gasteiger partial charge in [0.25, 0.3) is 0 Å². The summed E-state index contributed by atoms with van der Waals surface area (Å²) in [6, 6.07) is 8.37. The van der Waals surface area contributed by atoms with E-state index in [-0.39, 0.29) is 11.5 Å². The molecule has 0 bridgehead atoms. The van der Waals surface area contributed by atoms with E-state index < -0.39 is 9.84 Å². The fourth-order valence-electron chi connectivity index (χ4n) is 5.41. The number of aromatic nitrogens is 3. The van der Waals surface area contributed by atoms with E-state index in [9.17, 15) is 8.42 Å². The standard InChI is InChI=1S/C27H27N5O4S/c33-37(34)13-9-31(10-14-37)17-18-15-22-23-24(36-27(22)28-16-18)26(32-7-11-35-12-8-32)30-25(29-23)21-6-2-4-19-3-1-5-20(19)21/h1-2,4-6,15-16H,3,7-14,17H2. The number of nitrogens with zero attached hydrogens (tertiary/aromatic N) is 5. The van der Waals surface area contributed by atoms with Crippen molar-refractivity contribution in [3.05, 3.63) is 53.2 Å². The number of furan rings is 1. The van der Waals surface area contributed by atoms with Gasteiger partial charge in [0.2, 0.25) is 5.71 Å². The molecule has 2 aliphatic heterocycles. The molecule has 0 atom stereocenters. The number of anilines is 1. The molecule has 1 aliphatic carbocycles. The fourth-order valence-corrected chi connectivity index (χ4v) is 6.68. The van der Waals surface area contributed by atoms with Gasteiger partial charge in [-0.15, -0.1) is 0 Å². The number of sulfone groups is 1. The molecule has 10 heteroatoms. The summed E-state index contributed by atoms with van der Waals surface area (Å²) in [5, 5.41) is 0.846. The first kappa shape index (κ1) is 22.8. The van der Waals surface area contributed by atoms with Crippen molar-refractivity contribution in [1.82, 2.24) is 19.9 Å². The number of ether oxygens (including phenoxy) is 1. The highest BCUT2D eigenvalue weighted by atomic mass is 32.2. The van der Waals surface area contributed by atoms with Gasteiger partial charge in [-0.25, -0.2) is 23.4 Å². The molecule has 4 aromatic rings. The molecule has 37 heavy (non-hydrogen) atoms. The molecule has 3 aromatic heterocycles. The number of pyridine rings is 1. The molecule has 1 aromatic carbocycles. The molecule has 0 amide bonds. The van der Waals surface area contributed by atoms with Gasteiger partial charge in [0, 0.05) is 44.5 Å². The monoisotopic (exact) mass is 517 g/mol. The molecule has 2 saturated heterocycles. The highest BCUT2D eigenvalue weighted by Crippen LogP contribution is 2.37. The molecule has 0 N–H and O–H groups in total. The highest BCUT2D eigenvalue weighted by molar-refractivity contribution is 7.91. The van der Waals surface area contributed by atoms with Gasteiger partial charge < -0.3 is 14.1 Å². The molecule has 0 unspecified atom stereocenters. The van der Waals surface area contributed by atoms with Crippen molar-refractivity contribution in [3.8, 4) is 11.4 Å². The van der Waals surface area contributed by atoms with E-state index in [1.165, 1.54) is 11.1 Å². The maximum atomic E-state index is 11.8. The van der Waals surface area contributed by atoms with Crippen molar-refractivity contribution in [2.24, 2.45) is 0 Å². The maximum absolute atomic E-state index is 11.8. The molecule has 3 aliphatic rings. The summed E-state index contributed by atoms with van der Waals surface area (Å²) >= 11 is 0. The van der Waals surface area contributed by atoms with Gasteiger partial charge in [-0.1, -0.05) is 30.4 Å². The predicted octanol–water partition coefficient (Wildman–Crippen LogP) is 3.07. The van der Waals surface area contributed by atoms with E-state index in [0.29, 0.717) is 50.0 Å². The first-order chi connectivity index (χ1) is 18.0. The summed E-state index contributed by atoms with van der Waals surface area (Å²) in [6.45, 7) is 4.44. The van der Waals surface area contributed by atoms with E-state index in [4.69, 9.17) is 19.1 Å². The Morgan fingerprint density at radius 3 is 2.70 bits per heavy atom. The van der Waals surface area contributed by atoms with Crippen LogP contribution in [0, 0.1) is 0 Å². The zero-order valence-corrected chi connectivity index (χ0v) is 21.2. The van der Waals surface area contributed by atoms with E-state index in [2.05, 4.69) is 51.2 Å². The Morgan fingerprint density at radius 2 is 1.86 bits per heavy atom. The summed E-state index contributed by atoms with van der Waals surface area (Å²) in [4.78, 5) is 19.1. The van der Waals surface area contributed by atoms with Crippen LogP contribution in [0.2, 0.25) is 0 Å². The van der Waals surface area contributed by atoms with Crippen molar-refractivity contribution in [2.75, 3.05) is 55.8 Å². The highest BCUT2D eigenvalue weighted by Gasteiger charge is 2.25. The SMILES string of the molecule is O=S1(=O)CCN(Cc2cnc3oc4c(N5CCOCC5)nc(-c5cccc6c5C=CC6)nc4c3c2)CC1. The number of hydrogen-bond acceptors (Lipinski definition) is 9. The third-order valence-electron chi connectivity index (χ3n) is 7.42. The lowest BCUT2D eigenvalue weighted by Crippen LogP contribution is -2.39. The Balaban J connectivity index is 1.35. The molecule has 2 fully saturated rings. The van der Waals surface area contributed by atoms with Crippen LogP contribution in [0.1, 0.15) is 16.7 Å². The quantitative estimate of drug-likeness (QED) is 0.404. The van der Waals surface area contributed by atoms with Crippen LogP contribution in [-0.4, -0.2) is 79.2 Å². The summed E-state index contributed by atoms with van der Waals surface area (Å²) < 4.78 is 35.5. The lowest BCUT2D eigenvalue weighted by atomic mass is 10.0. The molecule has 9 nitrogen and oxygen atoms in total. The van der Waals surface area contributed by atoms with Gasteiger partial charge in [0.05, 0.1) is 30.1 Å². The topological polar surface area (TPSA) is 102 Å². The van der Waals surface area contributed by atoms with Crippen molar-refractivity contribution in [2.45, 2.75) is 13.0 Å². The number of benzene rings is 1. The molecule has 7 rings (SSSR count). The molecule has 5 heterocycles. The van der Waals surface area contributed by atoms with Crippen molar-refractivity contribution >= 4 is 43.9 Å². The lowest BCUT2D eigenvalue weighted by Gasteiger charge is -2.27. The number of morpholine rings is 1. The van der Waals surface area contributed by atoms with Crippen LogP contribution in [0.4, 0.5) is 5.82 Å². The predicted molar refractivity (Wildman–Crippen MR) is 142 cm³/mol. The van der Waals surface area contributed by atoms with Crippen LogP contribution in [0.25, 0.3) is 39.7 Å². The first-order valence-corrected chi connectivity index (χ1v) is 14.5. The van der Waals surface area contributed by atoms with E-state index in [1.54, 1.807) is 0 Å². The van der Waals surface area contributed by atoms with Gasteiger partial charge in [0.15, 0.2) is 27.1 Å². The van der Waals surface area contributed by atoms with E-state index in [1.807, 2.05) is 6.20 Å². The average Bonchev–Trinajstić information content (AvgIpc) is 3.54. The van der Waals surface area contributed by atoms with Gasteiger partial charge in [-0.3, -0.25) is 4.90 Å². The second-order valence-electron chi connectivity index (χ2n) is 9.86. The van der Waals surface area contributed by atoms with Gasteiger partial charge in [-0.2, -0.15) is 0 Å². The van der Waals surface area contributed by atoms with Gasteiger partial charge >= 0.3 is 0 Å². The Hall–Kier alpha value is -3.34. The van der Waals surface area contributed by atoms with Crippen LogP contribution < -0.4 is 4.90 Å². The zero-order chi connectivity index (χ0) is 25.0. The Morgan fingerprint density at radius 1 is 1.03 bits per heavy atom. The van der Waals surface area contributed by atoms with Crippen LogP contribution in [0.15, 0.2) is 41.0 Å². The van der Waals surface area contributed by atoms with Crippen LogP contribution >= 0.6 is 0 Å². The van der Waals surface area contributed by atoms with Gasteiger partial charge in [-0.05, 0) is 29.2 Å². The van der Waals surface area contributed by atoms with E-state index >= 15 is 0 Å². The minimum atomic E-state index is -2.92. The van der Waals surface area contributed by atoms with Crippen molar-refractivity contribution < 1.29 is 17.6 Å². The zero-order valence-electron chi connectivity index (χ0n) is 20.4. The Labute approximate surface area is 214 Å². The Bertz CT molecular complexity index is 1640. The van der Waals surface area contributed by atoms with Crippen LogP contribution in [0.3, 0.4) is 0 Å². The smallest absolute Gasteiger partial charge is 0.229 e. The summed E-state index contributed by atoms with van der Waals surface area (Å²) in [5.41, 5.74) is 6.37. The Kier molecular flexibility index (Phi) is 5.49. The minimum Gasteiger partial charge on any atom is -0.432 e. The minimum absolute atomic E-state index is 0.201. The van der Waals surface area contributed by atoms with Crippen molar-refractivity contribution in [1.29, 1.82) is 0 Å².